The summed E-state index contributed by atoms with van der Waals surface area (Å²) < 4.78 is 0. The molecule has 15 heavy (non-hydrogen) atoms. The summed E-state index contributed by atoms with van der Waals surface area (Å²) in [6.45, 7) is 11.4. The molecule has 0 aromatic carbocycles. The Kier molecular flexibility index (Phi) is 22.5. The molecule has 88 valence electrons. The molecule has 1 heterocycles. The fourth-order valence-electron chi connectivity index (χ4n) is 0.605. The lowest BCUT2D eigenvalue weighted by Gasteiger charge is -1.72. The maximum Gasteiger partial charge on any atom is 0.0229 e. The average Bonchev–Trinajstić information content (AvgIpc) is 2.79. The Morgan fingerprint density at radius 2 is 1.67 bits per heavy atom. The molecular formula is C13H24S2. The second-order valence-corrected chi connectivity index (χ2v) is 5.23. The van der Waals surface area contributed by atoms with Crippen LogP contribution >= 0.6 is 21.6 Å². The summed E-state index contributed by atoms with van der Waals surface area (Å²) in [5.74, 6) is 1.20. The van der Waals surface area contributed by atoms with Crippen molar-refractivity contribution in [2.45, 2.75) is 39.5 Å². The molecule has 2 heteroatoms. The van der Waals surface area contributed by atoms with Gasteiger partial charge in [0.2, 0.25) is 0 Å². The van der Waals surface area contributed by atoms with Gasteiger partial charge in [-0.15, -0.1) is 13.2 Å². The Morgan fingerprint density at radius 3 is 1.73 bits per heavy atom. The monoisotopic (exact) mass is 244 g/mol. The molecule has 0 fully saturated rings. The minimum Gasteiger partial charge on any atom is -0.103 e. The lowest BCUT2D eigenvalue weighted by molar-refractivity contribution is 0.961. The van der Waals surface area contributed by atoms with Crippen molar-refractivity contribution in [1.82, 2.24) is 0 Å². The zero-order valence-electron chi connectivity index (χ0n) is 10.1. The second kappa shape index (κ2) is 19.5. The molecule has 0 saturated heterocycles. The minimum atomic E-state index is 1.15. The Bertz CT molecular complexity index is 135. The molecule has 0 amide bonds. The van der Waals surface area contributed by atoms with E-state index in [9.17, 15) is 0 Å². The highest BCUT2D eigenvalue weighted by Crippen LogP contribution is 2.27. The quantitative estimate of drug-likeness (QED) is 0.450. The van der Waals surface area contributed by atoms with Gasteiger partial charge in [-0.05, 0) is 18.2 Å². The third-order valence-corrected chi connectivity index (χ3v) is 3.29. The Balaban J connectivity index is 0. The fraction of sp³-hybridized carbons (Fsp3) is 0.538. The third kappa shape index (κ3) is 24.9. The van der Waals surface area contributed by atoms with Crippen molar-refractivity contribution in [3.05, 3.63) is 36.8 Å². The number of rotatable bonds is 4. The molecule has 0 aliphatic carbocycles. The lowest BCUT2D eigenvalue weighted by atomic mass is 10.3. The summed E-state index contributed by atoms with van der Waals surface area (Å²) >= 11 is 0. The van der Waals surface area contributed by atoms with Gasteiger partial charge in [-0.3, -0.25) is 0 Å². The Hall–Kier alpha value is -0.0800. The maximum absolute atomic E-state index is 3.55. The average molecular weight is 244 g/mol. The summed E-state index contributed by atoms with van der Waals surface area (Å²) in [6, 6.07) is 0. The van der Waals surface area contributed by atoms with E-state index in [2.05, 4.69) is 38.5 Å². The zero-order valence-corrected chi connectivity index (χ0v) is 11.7. The summed E-state index contributed by atoms with van der Waals surface area (Å²) in [7, 11) is 3.69. The highest BCUT2D eigenvalue weighted by Gasteiger charge is 1.85. The molecule has 0 unspecified atom stereocenters. The predicted molar refractivity (Wildman–Crippen MR) is 79.4 cm³/mol. The first-order chi connectivity index (χ1) is 7.33. The minimum absolute atomic E-state index is 1.15. The number of unbranched alkanes of at least 4 members (excludes halogenated alkanes) is 2. The zero-order chi connectivity index (χ0) is 11.8. The van der Waals surface area contributed by atoms with E-state index < -0.39 is 0 Å². The van der Waals surface area contributed by atoms with E-state index in [4.69, 9.17) is 0 Å². The van der Waals surface area contributed by atoms with Crippen LogP contribution < -0.4 is 0 Å². The van der Waals surface area contributed by atoms with Crippen molar-refractivity contribution in [1.29, 1.82) is 0 Å². The third-order valence-electron chi connectivity index (χ3n) is 1.37. The van der Waals surface area contributed by atoms with Gasteiger partial charge in [0.05, 0.1) is 0 Å². The van der Waals surface area contributed by atoms with Gasteiger partial charge in [-0.1, -0.05) is 66.5 Å². The van der Waals surface area contributed by atoms with Crippen LogP contribution in [-0.4, -0.2) is 5.75 Å². The van der Waals surface area contributed by atoms with Crippen LogP contribution in [0, 0.1) is 0 Å². The molecule has 0 N–H and O–H groups in total. The number of allylic oxidation sites excluding steroid dienone is 2. The largest absolute Gasteiger partial charge is 0.103 e. The highest BCUT2D eigenvalue weighted by atomic mass is 33.1. The first-order valence-corrected chi connectivity index (χ1v) is 7.86. The van der Waals surface area contributed by atoms with E-state index in [-0.39, 0.29) is 0 Å². The molecule has 0 atom stereocenters. The molecule has 0 nitrogen and oxygen atoms in total. The first kappa shape index (κ1) is 17.3. The summed E-state index contributed by atoms with van der Waals surface area (Å²) in [5, 5.41) is 2.12. The number of hydrogen-bond donors (Lipinski definition) is 0. The molecule has 0 saturated carbocycles. The van der Waals surface area contributed by atoms with Crippen LogP contribution in [0.1, 0.15) is 39.5 Å². The number of hydrogen-bond acceptors (Lipinski definition) is 2. The van der Waals surface area contributed by atoms with Gasteiger partial charge in [-0.25, -0.2) is 0 Å². The van der Waals surface area contributed by atoms with Gasteiger partial charge in [0, 0.05) is 5.75 Å². The van der Waals surface area contributed by atoms with E-state index >= 15 is 0 Å². The SMILES string of the molecule is C1=CSSC1.C=CCCC.C=CCCC. The van der Waals surface area contributed by atoms with Gasteiger partial charge in [0.1, 0.15) is 0 Å². The standard InChI is InChI=1S/2C5H10.C3H4S2/c2*1-3-5-4-2;1-2-4-5-3-1/h2*3H,1,4-5H2,2H3;1-2H,3H2. The van der Waals surface area contributed by atoms with Crippen molar-refractivity contribution in [2.75, 3.05) is 5.75 Å². The van der Waals surface area contributed by atoms with Crippen LogP contribution in [0.2, 0.25) is 0 Å². The molecular weight excluding hydrogens is 220 g/mol. The van der Waals surface area contributed by atoms with Crippen LogP contribution in [0.15, 0.2) is 36.8 Å². The molecule has 0 bridgehead atoms. The van der Waals surface area contributed by atoms with Crippen LogP contribution in [0.5, 0.6) is 0 Å². The van der Waals surface area contributed by atoms with Crippen LogP contribution in [-0.2, 0) is 0 Å². The van der Waals surface area contributed by atoms with Crippen LogP contribution in [0.25, 0.3) is 0 Å². The molecule has 0 aromatic heterocycles. The first-order valence-electron chi connectivity index (χ1n) is 5.48. The summed E-state index contributed by atoms with van der Waals surface area (Å²) in [4.78, 5) is 0. The van der Waals surface area contributed by atoms with Crippen molar-refractivity contribution in [3.63, 3.8) is 0 Å². The van der Waals surface area contributed by atoms with Gasteiger partial charge in [0.25, 0.3) is 0 Å². The molecule has 1 rings (SSSR count). The van der Waals surface area contributed by atoms with Crippen molar-refractivity contribution < 1.29 is 0 Å². The molecule has 1 aliphatic rings. The maximum atomic E-state index is 3.55. The summed E-state index contributed by atoms with van der Waals surface area (Å²) in [6.07, 6.45) is 10.8. The van der Waals surface area contributed by atoms with Gasteiger partial charge in [-0.2, -0.15) is 0 Å². The van der Waals surface area contributed by atoms with E-state index in [1.54, 1.807) is 0 Å². The Morgan fingerprint density at radius 1 is 1.13 bits per heavy atom. The van der Waals surface area contributed by atoms with Crippen LogP contribution in [0.4, 0.5) is 0 Å². The topological polar surface area (TPSA) is 0 Å². The lowest BCUT2D eigenvalue weighted by Crippen LogP contribution is -1.52. The van der Waals surface area contributed by atoms with Crippen molar-refractivity contribution in [3.8, 4) is 0 Å². The van der Waals surface area contributed by atoms with Crippen LogP contribution in [0.3, 0.4) is 0 Å². The van der Waals surface area contributed by atoms with E-state index in [0.29, 0.717) is 0 Å². The molecule has 0 radical (unpaired) electrons. The molecule has 0 aromatic rings. The molecule has 0 spiro atoms. The second-order valence-electron chi connectivity index (χ2n) is 2.91. The summed E-state index contributed by atoms with van der Waals surface area (Å²) in [5.41, 5.74) is 0. The molecule has 1 aliphatic heterocycles. The van der Waals surface area contributed by atoms with Gasteiger partial charge < -0.3 is 0 Å². The Labute approximate surface area is 104 Å². The van der Waals surface area contributed by atoms with Crippen molar-refractivity contribution >= 4 is 21.6 Å². The van der Waals surface area contributed by atoms with Crippen molar-refractivity contribution in [2.24, 2.45) is 0 Å². The van der Waals surface area contributed by atoms with Gasteiger partial charge in [0.15, 0.2) is 0 Å². The smallest absolute Gasteiger partial charge is 0.0229 e. The predicted octanol–water partition coefficient (Wildman–Crippen LogP) is 5.84. The van der Waals surface area contributed by atoms with E-state index in [1.165, 1.54) is 18.6 Å². The fourth-order valence-corrected chi connectivity index (χ4v) is 2.18. The van der Waals surface area contributed by atoms with Gasteiger partial charge >= 0.3 is 0 Å². The van der Waals surface area contributed by atoms with E-state index in [1.807, 2.05) is 33.7 Å². The van der Waals surface area contributed by atoms with E-state index in [0.717, 1.165) is 12.8 Å². The highest BCUT2D eigenvalue weighted by molar-refractivity contribution is 8.78. The normalized spacial score (nSPS) is 11.9.